The van der Waals surface area contributed by atoms with Gasteiger partial charge in [0.15, 0.2) is 11.5 Å². The molecule has 0 radical (unpaired) electrons. The second kappa shape index (κ2) is 10.2. The van der Waals surface area contributed by atoms with Crippen LogP contribution in [0.1, 0.15) is 18.1 Å². The molecule has 0 heterocycles. The number of methoxy groups -OCH3 is 1. The predicted octanol–water partition coefficient (Wildman–Crippen LogP) is 3.14. The van der Waals surface area contributed by atoms with Crippen molar-refractivity contribution in [2.45, 2.75) is 20.1 Å². The molecule has 0 aromatic heterocycles. The van der Waals surface area contributed by atoms with E-state index >= 15 is 0 Å². The lowest BCUT2D eigenvalue weighted by atomic mass is 10.2. The summed E-state index contributed by atoms with van der Waals surface area (Å²) in [4.78, 5) is 24.4. The highest BCUT2D eigenvalue weighted by Crippen LogP contribution is 2.28. The Balaban J connectivity index is 1.92. The number of carbonyl (C=O) groups is 2. The summed E-state index contributed by atoms with van der Waals surface area (Å²) in [7, 11) is 3.13. The number of aliphatic carboxylic acids is 1. The molecule has 1 unspecified atom stereocenters. The fourth-order valence-electron chi connectivity index (χ4n) is 2.56. The Labute approximate surface area is 164 Å². The molecule has 0 saturated carbocycles. The molecule has 2 aromatic carbocycles. The molecule has 28 heavy (non-hydrogen) atoms. The summed E-state index contributed by atoms with van der Waals surface area (Å²) in [5.74, 6) is -0.364. The zero-order valence-corrected chi connectivity index (χ0v) is 16.3. The first-order valence-electron chi connectivity index (χ1n) is 8.96. The molecule has 0 aliphatic rings. The molecule has 150 valence electrons. The van der Waals surface area contributed by atoms with Gasteiger partial charge in [0.25, 0.3) is 0 Å². The van der Waals surface area contributed by atoms with Crippen LogP contribution in [-0.4, -0.2) is 42.7 Å². The lowest BCUT2D eigenvalue weighted by Crippen LogP contribution is -2.40. The van der Waals surface area contributed by atoms with Crippen LogP contribution < -0.4 is 14.8 Å². The molecule has 7 heteroatoms. The van der Waals surface area contributed by atoms with Crippen LogP contribution in [0.5, 0.6) is 11.5 Å². The Bertz CT molecular complexity index is 795. The van der Waals surface area contributed by atoms with Gasteiger partial charge in [-0.1, -0.05) is 43.3 Å². The number of carboxylic acid groups (broad SMARTS) is 1. The molecular weight excluding hydrogens is 360 g/mol. The number of nitrogens with one attached hydrogen (secondary N) is 1. The Kier molecular flexibility index (Phi) is 7.68. The fraction of sp³-hybridized carbons (Fsp3) is 0.333. The van der Waals surface area contributed by atoms with Crippen molar-refractivity contribution in [1.82, 2.24) is 10.2 Å². The summed E-state index contributed by atoms with van der Waals surface area (Å²) in [6.07, 6.45) is 0. The van der Waals surface area contributed by atoms with E-state index < -0.39 is 11.9 Å². The van der Waals surface area contributed by atoms with Crippen LogP contribution in [0.25, 0.3) is 0 Å². The maximum atomic E-state index is 12.1. The number of carboxylic acids is 1. The standard InChI is InChI=1S/C21H26N2O5/c1-15(20(24)25)13-23(2)21(26)22-12-17-9-10-18(19(11-17)27-3)28-14-16-7-5-4-6-8-16/h4-11,15H,12-14H2,1-3H3,(H,22,26)(H,24,25). The van der Waals surface area contributed by atoms with Gasteiger partial charge in [-0.15, -0.1) is 0 Å². The van der Waals surface area contributed by atoms with Gasteiger partial charge in [-0.3, -0.25) is 4.79 Å². The number of nitrogens with zero attached hydrogens (tertiary/aromatic N) is 1. The lowest BCUT2D eigenvalue weighted by molar-refractivity contribution is -0.141. The Morgan fingerprint density at radius 1 is 1.11 bits per heavy atom. The van der Waals surface area contributed by atoms with E-state index in [2.05, 4.69) is 5.32 Å². The number of rotatable bonds is 9. The van der Waals surface area contributed by atoms with Crippen molar-refractivity contribution in [3.63, 3.8) is 0 Å². The summed E-state index contributed by atoms with van der Waals surface area (Å²) in [6, 6.07) is 15.0. The third-order valence-electron chi connectivity index (χ3n) is 4.22. The molecule has 2 aromatic rings. The summed E-state index contributed by atoms with van der Waals surface area (Å²) in [5.41, 5.74) is 1.90. The molecule has 2 N–H and O–H groups in total. The van der Waals surface area contributed by atoms with E-state index in [4.69, 9.17) is 14.6 Å². The average Bonchev–Trinajstić information content (AvgIpc) is 2.71. The number of ether oxygens (including phenoxy) is 2. The van der Waals surface area contributed by atoms with Crippen LogP contribution in [0.3, 0.4) is 0 Å². The van der Waals surface area contributed by atoms with Crippen molar-refractivity contribution < 1.29 is 24.2 Å². The van der Waals surface area contributed by atoms with E-state index in [-0.39, 0.29) is 12.6 Å². The van der Waals surface area contributed by atoms with Crippen molar-refractivity contribution in [1.29, 1.82) is 0 Å². The minimum Gasteiger partial charge on any atom is -0.493 e. The van der Waals surface area contributed by atoms with E-state index in [9.17, 15) is 9.59 Å². The van der Waals surface area contributed by atoms with Gasteiger partial charge in [0.1, 0.15) is 6.61 Å². The van der Waals surface area contributed by atoms with Crippen molar-refractivity contribution in [2.75, 3.05) is 20.7 Å². The zero-order chi connectivity index (χ0) is 20.5. The summed E-state index contributed by atoms with van der Waals surface area (Å²) < 4.78 is 11.2. The normalized spacial score (nSPS) is 11.4. The van der Waals surface area contributed by atoms with Crippen LogP contribution >= 0.6 is 0 Å². The maximum absolute atomic E-state index is 12.1. The number of hydrogen-bond donors (Lipinski definition) is 2. The Morgan fingerprint density at radius 2 is 1.82 bits per heavy atom. The van der Waals surface area contributed by atoms with E-state index in [1.54, 1.807) is 33.2 Å². The van der Waals surface area contributed by atoms with Crippen molar-refractivity contribution >= 4 is 12.0 Å². The van der Waals surface area contributed by atoms with Gasteiger partial charge in [0.2, 0.25) is 0 Å². The third-order valence-corrected chi connectivity index (χ3v) is 4.22. The number of benzene rings is 2. The first-order chi connectivity index (χ1) is 13.4. The summed E-state index contributed by atoms with van der Waals surface area (Å²) in [6.45, 7) is 2.42. The summed E-state index contributed by atoms with van der Waals surface area (Å²) in [5, 5.41) is 11.7. The van der Waals surface area contributed by atoms with E-state index in [0.29, 0.717) is 24.7 Å². The molecule has 2 amide bonds. The van der Waals surface area contributed by atoms with Crippen LogP contribution in [-0.2, 0) is 17.9 Å². The highest BCUT2D eigenvalue weighted by Gasteiger charge is 2.17. The largest absolute Gasteiger partial charge is 0.493 e. The van der Waals surface area contributed by atoms with Crippen molar-refractivity contribution in [3.8, 4) is 11.5 Å². The molecule has 0 aliphatic heterocycles. The van der Waals surface area contributed by atoms with Crippen molar-refractivity contribution in [3.05, 3.63) is 59.7 Å². The van der Waals surface area contributed by atoms with Gasteiger partial charge in [-0.25, -0.2) is 4.79 Å². The van der Waals surface area contributed by atoms with Gasteiger partial charge >= 0.3 is 12.0 Å². The SMILES string of the molecule is COc1cc(CNC(=O)N(C)CC(C)C(=O)O)ccc1OCc1ccccc1. The summed E-state index contributed by atoms with van der Waals surface area (Å²) >= 11 is 0. The lowest BCUT2D eigenvalue weighted by Gasteiger charge is -2.20. The fourth-order valence-corrected chi connectivity index (χ4v) is 2.56. The van der Waals surface area contributed by atoms with Gasteiger partial charge in [0.05, 0.1) is 13.0 Å². The molecule has 2 rings (SSSR count). The van der Waals surface area contributed by atoms with Crippen LogP contribution in [0.15, 0.2) is 48.5 Å². The Morgan fingerprint density at radius 3 is 2.46 bits per heavy atom. The van der Waals surface area contributed by atoms with Crippen molar-refractivity contribution in [2.24, 2.45) is 5.92 Å². The van der Waals surface area contributed by atoms with Crippen LogP contribution in [0, 0.1) is 5.92 Å². The molecule has 0 fully saturated rings. The molecular formula is C21H26N2O5. The highest BCUT2D eigenvalue weighted by atomic mass is 16.5. The maximum Gasteiger partial charge on any atom is 0.317 e. The van der Waals surface area contributed by atoms with E-state index in [1.807, 2.05) is 36.4 Å². The van der Waals surface area contributed by atoms with Gasteiger partial charge in [-0.05, 0) is 23.3 Å². The van der Waals surface area contributed by atoms with E-state index in [1.165, 1.54) is 4.90 Å². The van der Waals surface area contributed by atoms with Gasteiger partial charge in [0, 0.05) is 20.1 Å². The first-order valence-corrected chi connectivity index (χ1v) is 8.96. The minimum atomic E-state index is -0.935. The molecule has 0 saturated heterocycles. The Hall–Kier alpha value is -3.22. The average molecular weight is 386 g/mol. The second-order valence-electron chi connectivity index (χ2n) is 6.54. The first kappa shape index (κ1) is 21.1. The molecule has 0 aliphatic carbocycles. The topological polar surface area (TPSA) is 88.1 Å². The number of urea groups is 1. The minimum absolute atomic E-state index is 0.136. The zero-order valence-electron chi connectivity index (χ0n) is 16.3. The van der Waals surface area contributed by atoms with Crippen LogP contribution in [0.4, 0.5) is 4.79 Å². The monoisotopic (exact) mass is 386 g/mol. The predicted molar refractivity (Wildman–Crippen MR) is 105 cm³/mol. The highest BCUT2D eigenvalue weighted by molar-refractivity contribution is 5.75. The second-order valence-corrected chi connectivity index (χ2v) is 6.54. The number of carbonyl (C=O) groups excluding carboxylic acids is 1. The van der Waals surface area contributed by atoms with Gasteiger partial charge in [-0.2, -0.15) is 0 Å². The number of amides is 2. The van der Waals surface area contributed by atoms with E-state index in [0.717, 1.165) is 11.1 Å². The molecule has 1 atom stereocenters. The third kappa shape index (κ3) is 6.19. The molecule has 0 bridgehead atoms. The van der Waals surface area contributed by atoms with Gasteiger partial charge < -0.3 is 24.8 Å². The van der Waals surface area contributed by atoms with Crippen LogP contribution in [0.2, 0.25) is 0 Å². The molecule has 0 spiro atoms. The quantitative estimate of drug-likeness (QED) is 0.691. The smallest absolute Gasteiger partial charge is 0.317 e. The number of hydrogen-bond acceptors (Lipinski definition) is 4. The molecule has 7 nitrogen and oxygen atoms in total.